The summed E-state index contributed by atoms with van der Waals surface area (Å²) in [5.41, 5.74) is 6.00. The molecule has 0 bridgehead atoms. The molecule has 1 N–H and O–H groups in total. The number of nitrogens with zero attached hydrogens (tertiary/aromatic N) is 2. The van der Waals surface area contributed by atoms with E-state index in [0.717, 1.165) is 30.8 Å². The van der Waals surface area contributed by atoms with Gasteiger partial charge in [0.25, 0.3) is 5.91 Å². The third kappa shape index (κ3) is 3.18. The maximum atomic E-state index is 12.6. The second kappa shape index (κ2) is 7.00. The molecule has 2 heterocycles. The molecule has 1 aliphatic rings. The summed E-state index contributed by atoms with van der Waals surface area (Å²) < 4.78 is 0. The number of aryl methyl sites for hydroxylation is 1. The molecule has 2 aromatic carbocycles. The second-order valence-corrected chi connectivity index (χ2v) is 6.43. The number of anilines is 3. The molecule has 1 aromatic heterocycles. The highest BCUT2D eigenvalue weighted by molar-refractivity contribution is 6.03. The summed E-state index contributed by atoms with van der Waals surface area (Å²) in [5.74, 6) is -0.191. The molecule has 0 aliphatic carbocycles. The fourth-order valence-corrected chi connectivity index (χ4v) is 3.34. The largest absolute Gasteiger partial charge is 0.341 e. The van der Waals surface area contributed by atoms with Gasteiger partial charge in [-0.25, -0.2) is 0 Å². The Kier molecular flexibility index (Phi) is 4.40. The topological polar surface area (TPSA) is 45.2 Å². The van der Waals surface area contributed by atoms with Crippen molar-refractivity contribution >= 4 is 23.0 Å². The van der Waals surface area contributed by atoms with E-state index in [4.69, 9.17) is 0 Å². The molecule has 0 unspecified atom stereocenters. The Labute approximate surface area is 153 Å². The summed E-state index contributed by atoms with van der Waals surface area (Å²) in [6.45, 7) is 3.03. The average Bonchev–Trinajstić information content (AvgIpc) is 3.13. The summed E-state index contributed by atoms with van der Waals surface area (Å²) >= 11 is 0. The zero-order valence-corrected chi connectivity index (χ0v) is 14.8. The van der Waals surface area contributed by atoms with Gasteiger partial charge in [-0.2, -0.15) is 0 Å². The lowest BCUT2D eigenvalue weighted by atomic mass is 10.1. The van der Waals surface area contributed by atoms with Crippen molar-refractivity contribution in [3.05, 3.63) is 83.7 Å². The highest BCUT2D eigenvalue weighted by Gasteiger charge is 2.20. The van der Waals surface area contributed by atoms with Gasteiger partial charge >= 0.3 is 0 Å². The van der Waals surface area contributed by atoms with E-state index >= 15 is 0 Å². The van der Waals surface area contributed by atoms with Gasteiger partial charge in [0, 0.05) is 29.8 Å². The highest BCUT2D eigenvalue weighted by atomic mass is 16.1. The van der Waals surface area contributed by atoms with Gasteiger partial charge < -0.3 is 10.2 Å². The molecular weight excluding hydrogens is 322 g/mol. The van der Waals surface area contributed by atoms with E-state index in [0.29, 0.717) is 5.69 Å². The summed E-state index contributed by atoms with van der Waals surface area (Å²) in [6, 6.07) is 20.1. The van der Waals surface area contributed by atoms with Gasteiger partial charge in [-0.1, -0.05) is 37.3 Å². The molecule has 4 heteroatoms. The highest BCUT2D eigenvalue weighted by Crippen LogP contribution is 2.34. The molecule has 3 aromatic rings. The zero-order chi connectivity index (χ0) is 17.9. The third-order valence-corrected chi connectivity index (χ3v) is 4.80. The van der Waals surface area contributed by atoms with E-state index < -0.39 is 0 Å². The van der Waals surface area contributed by atoms with Gasteiger partial charge in [-0.15, -0.1) is 0 Å². The molecule has 1 aliphatic heterocycles. The number of pyridine rings is 1. The number of carbonyl (C=O) groups excluding carboxylic acids is 1. The summed E-state index contributed by atoms with van der Waals surface area (Å²) in [6.07, 6.45) is 3.70. The van der Waals surface area contributed by atoms with Gasteiger partial charge in [0.1, 0.15) is 5.69 Å². The number of para-hydroxylation sites is 1. The van der Waals surface area contributed by atoms with Crippen molar-refractivity contribution in [2.24, 2.45) is 0 Å². The third-order valence-electron chi connectivity index (χ3n) is 4.80. The fourth-order valence-electron chi connectivity index (χ4n) is 3.34. The summed E-state index contributed by atoms with van der Waals surface area (Å²) in [4.78, 5) is 19.1. The summed E-state index contributed by atoms with van der Waals surface area (Å²) in [5, 5.41) is 2.93. The standard InChI is InChI=1S/C22H21N3O/c1-2-16-7-9-18(10-8-16)24-22(26)20-15-19(11-13-23-20)25-14-12-17-5-3-4-6-21(17)25/h3-11,13,15H,2,12,14H2,1H3,(H,24,26). The minimum Gasteiger partial charge on any atom is -0.341 e. The van der Waals surface area contributed by atoms with Crippen LogP contribution in [0.5, 0.6) is 0 Å². The molecule has 0 fully saturated rings. The first-order valence-corrected chi connectivity index (χ1v) is 8.96. The van der Waals surface area contributed by atoms with Gasteiger partial charge in [0.05, 0.1) is 0 Å². The van der Waals surface area contributed by atoms with E-state index in [-0.39, 0.29) is 5.91 Å². The smallest absolute Gasteiger partial charge is 0.274 e. The van der Waals surface area contributed by atoms with Crippen LogP contribution in [0.4, 0.5) is 17.1 Å². The maximum absolute atomic E-state index is 12.6. The Balaban J connectivity index is 1.55. The molecular formula is C22H21N3O. The van der Waals surface area contributed by atoms with Gasteiger partial charge in [0.2, 0.25) is 0 Å². The molecule has 130 valence electrons. The number of fused-ring (bicyclic) bond motifs is 1. The lowest BCUT2D eigenvalue weighted by Gasteiger charge is -2.19. The van der Waals surface area contributed by atoms with Crippen molar-refractivity contribution in [2.75, 3.05) is 16.8 Å². The predicted octanol–water partition coefficient (Wildman–Crippen LogP) is 4.59. The van der Waals surface area contributed by atoms with Crippen LogP contribution in [-0.4, -0.2) is 17.4 Å². The van der Waals surface area contributed by atoms with Crippen molar-refractivity contribution in [3.63, 3.8) is 0 Å². The van der Waals surface area contributed by atoms with Crippen LogP contribution >= 0.6 is 0 Å². The van der Waals surface area contributed by atoms with Crippen LogP contribution in [0.15, 0.2) is 66.9 Å². The molecule has 4 rings (SSSR count). The monoisotopic (exact) mass is 343 g/mol. The van der Waals surface area contributed by atoms with Crippen molar-refractivity contribution in [2.45, 2.75) is 19.8 Å². The Bertz CT molecular complexity index is 934. The number of aromatic nitrogens is 1. The lowest BCUT2D eigenvalue weighted by molar-refractivity contribution is 0.102. The Morgan fingerprint density at radius 2 is 1.92 bits per heavy atom. The van der Waals surface area contributed by atoms with Gasteiger partial charge in [-0.05, 0) is 54.3 Å². The molecule has 4 nitrogen and oxygen atoms in total. The average molecular weight is 343 g/mol. The maximum Gasteiger partial charge on any atom is 0.274 e. The second-order valence-electron chi connectivity index (χ2n) is 6.43. The van der Waals surface area contributed by atoms with Crippen molar-refractivity contribution in [1.82, 2.24) is 4.98 Å². The SMILES string of the molecule is CCc1ccc(NC(=O)c2cc(N3CCc4ccccc43)ccn2)cc1. The van der Waals surface area contributed by atoms with Crippen LogP contribution in [0.25, 0.3) is 0 Å². The van der Waals surface area contributed by atoms with Crippen LogP contribution < -0.4 is 10.2 Å². The van der Waals surface area contributed by atoms with E-state index in [9.17, 15) is 4.79 Å². The molecule has 0 atom stereocenters. The first kappa shape index (κ1) is 16.3. The number of carbonyl (C=O) groups is 1. The van der Waals surface area contributed by atoms with E-state index in [1.165, 1.54) is 16.8 Å². The van der Waals surface area contributed by atoms with Crippen LogP contribution in [0, 0.1) is 0 Å². The normalized spacial score (nSPS) is 12.7. The first-order valence-electron chi connectivity index (χ1n) is 8.96. The van der Waals surface area contributed by atoms with Crippen molar-refractivity contribution < 1.29 is 4.79 Å². The Morgan fingerprint density at radius 1 is 1.12 bits per heavy atom. The number of benzene rings is 2. The predicted molar refractivity (Wildman–Crippen MR) is 105 cm³/mol. The molecule has 1 amide bonds. The minimum absolute atomic E-state index is 0.191. The summed E-state index contributed by atoms with van der Waals surface area (Å²) in [7, 11) is 0. The number of hydrogen-bond donors (Lipinski definition) is 1. The zero-order valence-electron chi connectivity index (χ0n) is 14.8. The minimum atomic E-state index is -0.191. The van der Waals surface area contributed by atoms with E-state index in [2.05, 4.69) is 40.3 Å². The molecule has 26 heavy (non-hydrogen) atoms. The first-order chi connectivity index (χ1) is 12.7. The van der Waals surface area contributed by atoms with Crippen molar-refractivity contribution in [1.29, 1.82) is 0 Å². The number of hydrogen-bond acceptors (Lipinski definition) is 3. The molecule has 0 saturated heterocycles. The van der Waals surface area contributed by atoms with Crippen LogP contribution in [0.3, 0.4) is 0 Å². The van der Waals surface area contributed by atoms with Crippen LogP contribution in [0.1, 0.15) is 28.5 Å². The Morgan fingerprint density at radius 3 is 2.73 bits per heavy atom. The van der Waals surface area contributed by atoms with Crippen molar-refractivity contribution in [3.8, 4) is 0 Å². The Hall–Kier alpha value is -3.14. The molecule has 0 spiro atoms. The lowest BCUT2D eigenvalue weighted by Crippen LogP contribution is -2.17. The van der Waals surface area contributed by atoms with Gasteiger partial charge in [-0.3, -0.25) is 9.78 Å². The molecule has 0 saturated carbocycles. The van der Waals surface area contributed by atoms with Crippen LogP contribution in [-0.2, 0) is 12.8 Å². The fraction of sp³-hybridized carbons (Fsp3) is 0.182. The van der Waals surface area contributed by atoms with E-state index in [1.54, 1.807) is 6.20 Å². The number of nitrogens with one attached hydrogen (secondary N) is 1. The van der Waals surface area contributed by atoms with Crippen LogP contribution in [0.2, 0.25) is 0 Å². The molecule has 0 radical (unpaired) electrons. The van der Waals surface area contributed by atoms with E-state index in [1.807, 2.05) is 42.5 Å². The quantitative estimate of drug-likeness (QED) is 0.753. The number of rotatable bonds is 4. The number of amides is 1. The van der Waals surface area contributed by atoms with Gasteiger partial charge in [0.15, 0.2) is 0 Å².